The third-order valence-corrected chi connectivity index (χ3v) is 6.40. The first-order chi connectivity index (χ1) is 11.7. The van der Waals surface area contributed by atoms with E-state index in [0.717, 1.165) is 42.2 Å². The van der Waals surface area contributed by atoms with Crippen molar-refractivity contribution in [2.75, 3.05) is 13.1 Å². The van der Waals surface area contributed by atoms with Crippen LogP contribution in [0.3, 0.4) is 0 Å². The molecule has 0 radical (unpaired) electrons. The lowest BCUT2D eigenvalue weighted by Gasteiger charge is -2.37. The predicted octanol–water partition coefficient (Wildman–Crippen LogP) is 3.98. The highest BCUT2D eigenvalue weighted by molar-refractivity contribution is 8.14. The molecule has 0 saturated carbocycles. The molecule has 0 bridgehead atoms. The van der Waals surface area contributed by atoms with E-state index in [2.05, 4.69) is 53.2 Å². The molecular weight excluding hydrogens is 352 g/mol. The maximum atomic E-state index is 11.8. The zero-order chi connectivity index (χ0) is 16.6. The number of nitrogens with zero attached hydrogens (tertiary/aromatic N) is 2. The fourth-order valence-electron chi connectivity index (χ4n) is 3.73. The van der Waals surface area contributed by atoms with Crippen LogP contribution in [0.5, 0.6) is 0 Å². The lowest BCUT2D eigenvalue weighted by Crippen LogP contribution is -2.48. The molecule has 2 unspecified atom stereocenters. The summed E-state index contributed by atoms with van der Waals surface area (Å²) in [6.07, 6.45) is 1.89. The zero-order valence-corrected chi connectivity index (χ0v) is 15.9. The summed E-state index contributed by atoms with van der Waals surface area (Å²) in [5.41, 5.74) is 2.51. The van der Waals surface area contributed by atoms with Gasteiger partial charge in [0.05, 0.1) is 11.8 Å². The van der Waals surface area contributed by atoms with Crippen LogP contribution in [-0.4, -0.2) is 33.5 Å². The van der Waals surface area contributed by atoms with E-state index >= 15 is 0 Å². The van der Waals surface area contributed by atoms with E-state index in [1.54, 1.807) is 11.8 Å². The Bertz CT molecular complexity index is 767. The monoisotopic (exact) mass is 374 g/mol. The smallest absolute Gasteiger partial charge is 0.178 e. The molecular formula is C20H23ClN2OS. The maximum absolute atomic E-state index is 11.8. The Morgan fingerprint density at radius 2 is 1.88 bits per heavy atom. The highest BCUT2D eigenvalue weighted by atomic mass is 35.5. The fraction of sp³-hybridized carbons (Fsp3) is 0.350. The van der Waals surface area contributed by atoms with E-state index in [-0.39, 0.29) is 17.7 Å². The second kappa shape index (κ2) is 7.40. The van der Waals surface area contributed by atoms with Crippen LogP contribution in [0.1, 0.15) is 23.1 Å². The first-order valence-electron chi connectivity index (χ1n) is 8.51. The van der Waals surface area contributed by atoms with Gasteiger partial charge >= 0.3 is 0 Å². The number of aliphatic imine (C=N–C) groups is 1. The molecule has 0 aliphatic carbocycles. The number of halogens is 1. The number of rotatable bonds is 4. The fourth-order valence-corrected chi connectivity index (χ4v) is 5.17. The van der Waals surface area contributed by atoms with E-state index in [1.165, 1.54) is 5.56 Å². The molecule has 4 rings (SSSR count). The number of hydrogen-bond acceptors (Lipinski definition) is 4. The minimum atomic E-state index is -0.958. The van der Waals surface area contributed by atoms with Crippen LogP contribution in [0.15, 0.2) is 59.6 Å². The number of fused-ring (bicyclic) bond motifs is 1. The van der Waals surface area contributed by atoms with Crippen molar-refractivity contribution in [3.05, 3.63) is 71.3 Å². The number of aryl methyl sites for hydroxylation is 2. The SMILES string of the molecule is Cc1ccccc1C1(O)C(CCc2ccccc2)SC2=NCCN21.Cl. The molecule has 2 heterocycles. The number of aliphatic hydroxyl groups is 1. The molecule has 2 atom stereocenters. The molecule has 132 valence electrons. The van der Waals surface area contributed by atoms with Crippen LogP contribution in [0.4, 0.5) is 0 Å². The van der Waals surface area contributed by atoms with Gasteiger partial charge in [0.25, 0.3) is 0 Å². The second-order valence-corrected chi connectivity index (χ2v) is 7.66. The Hall–Kier alpha value is -1.49. The molecule has 1 fully saturated rings. The van der Waals surface area contributed by atoms with Crippen molar-refractivity contribution in [3.8, 4) is 0 Å². The number of thioether (sulfide) groups is 1. The Morgan fingerprint density at radius 3 is 2.64 bits per heavy atom. The molecule has 2 aromatic carbocycles. The van der Waals surface area contributed by atoms with Gasteiger partial charge in [-0.25, -0.2) is 0 Å². The van der Waals surface area contributed by atoms with Gasteiger partial charge in [0.1, 0.15) is 0 Å². The van der Waals surface area contributed by atoms with Gasteiger partial charge in [-0.1, -0.05) is 66.4 Å². The van der Waals surface area contributed by atoms with Crippen molar-refractivity contribution in [2.24, 2.45) is 4.99 Å². The summed E-state index contributed by atoms with van der Waals surface area (Å²) in [5, 5.41) is 12.9. The van der Waals surface area contributed by atoms with Gasteiger partial charge in [-0.3, -0.25) is 4.99 Å². The summed E-state index contributed by atoms with van der Waals surface area (Å²) in [6, 6.07) is 18.7. The van der Waals surface area contributed by atoms with Gasteiger partial charge in [0, 0.05) is 12.1 Å². The van der Waals surface area contributed by atoms with Gasteiger partial charge in [0.15, 0.2) is 10.9 Å². The summed E-state index contributed by atoms with van der Waals surface area (Å²) >= 11 is 1.74. The van der Waals surface area contributed by atoms with E-state index in [9.17, 15) is 5.11 Å². The first-order valence-corrected chi connectivity index (χ1v) is 9.38. The van der Waals surface area contributed by atoms with Crippen molar-refractivity contribution >= 4 is 29.3 Å². The summed E-state index contributed by atoms with van der Waals surface area (Å²) in [5.74, 6) is 0. The molecule has 1 saturated heterocycles. The highest BCUT2D eigenvalue weighted by Gasteiger charge is 2.53. The largest absolute Gasteiger partial charge is 0.366 e. The predicted molar refractivity (Wildman–Crippen MR) is 107 cm³/mol. The van der Waals surface area contributed by atoms with Gasteiger partial charge in [-0.2, -0.15) is 0 Å². The van der Waals surface area contributed by atoms with Crippen LogP contribution in [0, 0.1) is 6.92 Å². The first kappa shape index (κ1) is 18.3. The van der Waals surface area contributed by atoms with Gasteiger partial charge in [0.2, 0.25) is 0 Å². The van der Waals surface area contributed by atoms with E-state index in [4.69, 9.17) is 0 Å². The van der Waals surface area contributed by atoms with Crippen LogP contribution in [0.2, 0.25) is 0 Å². The summed E-state index contributed by atoms with van der Waals surface area (Å²) < 4.78 is 0. The van der Waals surface area contributed by atoms with Crippen LogP contribution in [0.25, 0.3) is 0 Å². The highest BCUT2D eigenvalue weighted by Crippen LogP contribution is 2.48. The molecule has 2 aliphatic rings. The summed E-state index contributed by atoms with van der Waals surface area (Å²) in [6.45, 7) is 3.66. The standard InChI is InChI=1S/C20H22N2OS.ClH/c1-15-7-5-6-10-17(15)20(23)18(24-19-21-13-14-22(19)20)12-11-16-8-3-2-4-9-16;/h2-10,18,23H,11-14H2,1H3;1H. The molecule has 0 amide bonds. The Morgan fingerprint density at radius 1 is 1.16 bits per heavy atom. The lowest BCUT2D eigenvalue weighted by molar-refractivity contribution is -0.0675. The number of hydrogen-bond donors (Lipinski definition) is 1. The van der Waals surface area contributed by atoms with Crippen molar-refractivity contribution in [1.82, 2.24) is 4.90 Å². The molecule has 1 N–H and O–H groups in total. The Labute approximate surface area is 159 Å². The molecule has 3 nitrogen and oxygen atoms in total. The minimum Gasteiger partial charge on any atom is -0.366 e. The maximum Gasteiger partial charge on any atom is 0.178 e. The lowest BCUT2D eigenvalue weighted by atomic mass is 9.90. The molecule has 2 aromatic rings. The molecule has 0 spiro atoms. The Kier molecular flexibility index (Phi) is 5.42. The third-order valence-electron chi connectivity index (χ3n) is 4.99. The second-order valence-electron chi connectivity index (χ2n) is 6.49. The van der Waals surface area contributed by atoms with E-state index in [0.29, 0.717) is 0 Å². The summed E-state index contributed by atoms with van der Waals surface area (Å²) in [7, 11) is 0. The Balaban J connectivity index is 0.00000182. The van der Waals surface area contributed by atoms with Gasteiger partial charge in [-0.05, 0) is 30.9 Å². The molecule has 2 aliphatic heterocycles. The molecule has 25 heavy (non-hydrogen) atoms. The van der Waals surface area contributed by atoms with Gasteiger partial charge in [-0.15, -0.1) is 12.4 Å². The van der Waals surface area contributed by atoms with E-state index < -0.39 is 5.72 Å². The van der Waals surface area contributed by atoms with Crippen molar-refractivity contribution in [1.29, 1.82) is 0 Å². The molecule has 5 heteroatoms. The number of benzene rings is 2. The van der Waals surface area contributed by atoms with Gasteiger partial charge < -0.3 is 10.0 Å². The average molecular weight is 375 g/mol. The summed E-state index contributed by atoms with van der Waals surface area (Å²) in [4.78, 5) is 6.71. The average Bonchev–Trinajstić information content (AvgIpc) is 3.17. The van der Waals surface area contributed by atoms with Crippen LogP contribution >= 0.6 is 24.2 Å². The van der Waals surface area contributed by atoms with E-state index in [1.807, 2.05) is 18.2 Å². The topological polar surface area (TPSA) is 35.8 Å². The van der Waals surface area contributed by atoms with Crippen molar-refractivity contribution in [3.63, 3.8) is 0 Å². The van der Waals surface area contributed by atoms with Crippen LogP contribution in [-0.2, 0) is 12.1 Å². The molecule has 0 aromatic heterocycles. The van der Waals surface area contributed by atoms with Crippen LogP contribution < -0.4 is 0 Å². The number of amidine groups is 1. The van der Waals surface area contributed by atoms with Crippen molar-refractivity contribution < 1.29 is 5.11 Å². The third kappa shape index (κ3) is 3.19. The minimum absolute atomic E-state index is 0. The normalized spacial score (nSPS) is 24.6. The van der Waals surface area contributed by atoms with Crippen molar-refractivity contribution in [2.45, 2.75) is 30.7 Å². The zero-order valence-electron chi connectivity index (χ0n) is 14.3. The quantitative estimate of drug-likeness (QED) is 0.879.